The lowest BCUT2D eigenvalue weighted by molar-refractivity contribution is 0.102. The number of hydrogen-bond donors (Lipinski definition) is 2. The molecular formula is C16H14F2N6O2S. The van der Waals surface area contributed by atoms with E-state index in [0.29, 0.717) is 11.3 Å². The van der Waals surface area contributed by atoms with Gasteiger partial charge in [0.25, 0.3) is 11.9 Å². The van der Waals surface area contributed by atoms with Crippen LogP contribution in [0.3, 0.4) is 0 Å². The van der Waals surface area contributed by atoms with Crippen molar-refractivity contribution in [3.8, 4) is 11.5 Å². The first-order valence-electron chi connectivity index (χ1n) is 7.43. The molecule has 3 rings (SSSR count). The average molecular weight is 392 g/mol. The average Bonchev–Trinajstić information content (AvgIpc) is 3.04. The summed E-state index contributed by atoms with van der Waals surface area (Å²) in [4.78, 5) is 27.7. The van der Waals surface area contributed by atoms with Gasteiger partial charge in [-0.15, -0.1) is 11.3 Å². The predicted molar refractivity (Wildman–Crippen MR) is 97.7 cm³/mol. The number of carbonyl (C=O) groups excluding carboxylic acids is 1. The molecule has 8 nitrogen and oxygen atoms in total. The van der Waals surface area contributed by atoms with Gasteiger partial charge in [0.1, 0.15) is 11.6 Å². The standard InChI is InChI=1S/C16H12F2N6O2S.H2/c1-8-6-27-16(23-8)24-15(25)11-3-10(5-21-14(11)22-7-19)26-12-2-9(17)4-20-13(12)18;/h2-7H,1H3,(H2,19,21,22)(H,23,24,25);1H. The fourth-order valence-electron chi connectivity index (χ4n) is 2.01. The molecule has 0 aliphatic rings. The van der Waals surface area contributed by atoms with Gasteiger partial charge in [-0.25, -0.2) is 24.3 Å². The maximum atomic E-state index is 13.7. The van der Waals surface area contributed by atoms with E-state index < -0.39 is 23.4 Å². The van der Waals surface area contributed by atoms with E-state index >= 15 is 0 Å². The maximum absolute atomic E-state index is 13.7. The number of nitrogens with one attached hydrogen (secondary N) is 1. The Labute approximate surface area is 157 Å². The lowest BCUT2D eigenvalue weighted by Crippen LogP contribution is -2.13. The molecule has 0 aliphatic carbocycles. The van der Waals surface area contributed by atoms with Crippen molar-refractivity contribution in [3.63, 3.8) is 0 Å². The summed E-state index contributed by atoms with van der Waals surface area (Å²) >= 11 is 1.24. The first-order valence-corrected chi connectivity index (χ1v) is 8.31. The molecule has 0 atom stereocenters. The zero-order chi connectivity index (χ0) is 19.4. The Kier molecular flexibility index (Phi) is 5.31. The molecule has 0 bridgehead atoms. The number of pyridine rings is 2. The molecule has 11 heteroatoms. The summed E-state index contributed by atoms with van der Waals surface area (Å²) in [6.45, 7) is 1.79. The third-order valence-corrected chi connectivity index (χ3v) is 4.00. The van der Waals surface area contributed by atoms with Crippen molar-refractivity contribution in [1.82, 2.24) is 15.0 Å². The van der Waals surface area contributed by atoms with Gasteiger partial charge in [0.15, 0.2) is 16.7 Å². The van der Waals surface area contributed by atoms with Gasteiger partial charge >= 0.3 is 0 Å². The molecule has 3 heterocycles. The van der Waals surface area contributed by atoms with Crippen molar-refractivity contribution >= 4 is 34.5 Å². The van der Waals surface area contributed by atoms with Crippen molar-refractivity contribution < 1.29 is 19.7 Å². The molecule has 27 heavy (non-hydrogen) atoms. The SMILES string of the molecule is Cc1csc(NC(=O)c2cc(Oc3cc(F)cnc3F)cnc2/N=C\N)n1.[HH]. The number of aromatic nitrogens is 3. The summed E-state index contributed by atoms with van der Waals surface area (Å²) in [7, 11) is 0. The van der Waals surface area contributed by atoms with Crippen LogP contribution in [0.1, 0.15) is 17.5 Å². The van der Waals surface area contributed by atoms with Crippen molar-refractivity contribution in [2.45, 2.75) is 6.92 Å². The lowest BCUT2D eigenvalue weighted by atomic mass is 10.2. The number of anilines is 1. The smallest absolute Gasteiger partial charge is 0.261 e. The van der Waals surface area contributed by atoms with Crippen LogP contribution in [0.4, 0.5) is 19.7 Å². The van der Waals surface area contributed by atoms with Gasteiger partial charge in [0.2, 0.25) is 0 Å². The van der Waals surface area contributed by atoms with Gasteiger partial charge < -0.3 is 10.5 Å². The zero-order valence-electron chi connectivity index (χ0n) is 13.8. The maximum Gasteiger partial charge on any atom is 0.261 e. The summed E-state index contributed by atoms with van der Waals surface area (Å²) in [5, 5.41) is 4.75. The van der Waals surface area contributed by atoms with Crippen LogP contribution in [-0.2, 0) is 0 Å². The minimum absolute atomic E-state index is 0. The van der Waals surface area contributed by atoms with Gasteiger partial charge in [-0.05, 0) is 13.0 Å². The quantitative estimate of drug-likeness (QED) is 0.390. The lowest BCUT2D eigenvalue weighted by Gasteiger charge is -2.09. The largest absolute Gasteiger partial charge is 0.451 e. The second-order valence-corrected chi connectivity index (χ2v) is 5.97. The number of ether oxygens (including phenoxy) is 1. The zero-order valence-corrected chi connectivity index (χ0v) is 14.6. The van der Waals surface area contributed by atoms with Gasteiger partial charge in [-0.2, -0.15) is 4.39 Å². The van der Waals surface area contributed by atoms with Crippen LogP contribution < -0.4 is 15.8 Å². The number of halogens is 2. The number of aliphatic imine (C=N–C) groups is 1. The van der Waals surface area contributed by atoms with Crippen LogP contribution in [0, 0.1) is 18.7 Å². The Balaban J connectivity index is 0.00000280. The normalized spacial score (nSPS) is 10.9. The van der Waals surface area contributed by atoms with Crippen LogP contribution in [0.2, 0.25) is 0 Å². The van der Waals surface area contributed by atoms with Gasteiger partial charge in [-0.1, -0.05) is 0 Å². The molecule has 3 aromatic heterocycles. The molecule has 0 aliphatic heterocycles. The van der Waals surface area contributed by atoms with E-state index in [1.165, 1.54) is 23.6 Å². The van der Waals surface area contributed by atoms with Gasteiger partial charge in [-0.3, -0.25) is 10.1 Å². The van der Waals surface area contributed by atoms with Crippen molar-refractivity contribution in [2.75, 3.05) is 5.32 Å². The van der Waals surface area contributed by atoms with E-state index in [0.717, 1.165) is 18.1 Å². The molecule has 0 saturated carbocycles. The van der Waals surface area contributed by atoms with Gasteiger partial charge in [0.05, 0.1) is 30.0 Å². The highest BCUT2D eigenvalue weighted by Gasteiger charge is 2.17. The summed E-state index contributed by atoms with van der Waals surface area (Å²) in [6, 6.07) is 2.10. The molecule has 0 aromatic carbocycles. The highest BCUT2D eigenvalue weighted by atomic mass is 32.1. The second kappa shape index (κ2) is 7.83. The monoisotopic (exact) mass is 392 g/mol. The van der Waals surface area contributed by atoms with E-state index in [9.17, 15) is 13.6 Å². The molecule has 3 N–H and O–H groups in total. The van der Waals surface area contributed by atoms with E-state index in [2.05, 4.69) is 25.3 Å². The van der Waals surface area contributed by atoms with Crippen LogP contribution in [0.25, 0.3) is 0 Å². The summed E-state index contributed by atoms with van der Waals surface area (Å²) in [5.41, 5.74) is 6.04. The molecule has 0 radical (unpaired) electrons. The molecule has 1 amide bonds. The van der Waals surface area contributed by atoms with Crippen LogP contribution in [-0.4, -0.2) is 27.2 Å². The van der Waals surface area contributed by atoms with E-state index in [1.807, 2.05) is 0 Å². The fraction of sp³-hybridized carbons (Fsp3) is 0.0625. The second-order valence-electron chi connectivity index (χ2n) is 5.11. The molecular weight excluding hydrogens is 378 g/mol. The third-order valence-electron chi connectivity index (χ3n) is 3.12. The van der Waals surface area contributed by atoms with Gasteiger partial charge in [0, 0.05) is 12.9 Å². The Morgan fingerprint density at radius 3 is 2.89 bits per heavy atom. The van der Waals surface area contributed by atoms with E-state index in [4.69, 9.17) is 10.5 Å². The fourth-order valence-corrected chi connectivity index (χ4v) is 2.70. The minimum atomic E-state index is -1.01. The molecule has 0 saturated heterocycles. The molecule has 0 spiro atoms. The Morgan fingerprint density at radius 2 is 2.19 bits per heavy atom. The number of nitrogens with zero attached hydrogens (tertiary/aromatic N) is 4. The number of amides is 1. The molecule has 140 valence electrons. The number of rotatable bonds is 5. The highest BCUT2D eigenvalue weighted by molar-refractivity contribution is 7.13. The van der Waals surface area contributed by atoms with Crippen molar-refractivity contribution in [2.24, 2.45) is 10.7 Å². The molecule has 0 fully saturated rings. The highest BCUT2D eigenvalue weighted by Crippen LogP contribution is 2.28. The number of thiazole rings is 1. The van der Waals surface area contributed by atoms with Crippen molar-refractivity contribution in [3.05, 3.63) is 52.9 Å². The van der Waals surface area contributed by atoms with Crippen molar-refractivity contribution in [1.29, 1.82) is 0 Å². The summed E-state index contributed by atoms with van der Waals surface area (Å²) < 4.78 is 32.1. The predicted octanol–water partition coefficient (Wildman–Crippen LogP) is 3.43. The molecule has 0 unspecified atom stereocenters. The van der Waals surface area contributed by atoms with E-state index in [-0.39, 0.29) is 18.6 Å². The van der Waals surface area contributed by atoms with E-state index in [1.54, 1.807) is 12.3 Å². The molecule has 3 aromatic rings. The topological polar surface area (TPSA) is 115 Å². The van der Waals surface area contributed by atoms with Crippen LogP contribution in [0.15, 0.2) is 34.9 Å². The Morgan fingerprint density at radius 1 is 1.37 bits per heavy atom. The summed E-state index contributed by atoms with van der Waals surface area (Å²) in [5.74, 6) is -2.80. The Hall–Kier alpha value is -3.47. The number of hydrogen-bond acceptors (Lipinski definition) is 7. The number of aryl methyl sites for hydroxylation is 1. The first kappa shape index (κ1) is 18.3. The number of nitrogens with two attached hydrogens (primary N) is 1. The Bertz CT molecular complexity index is 1030. The minimum Gasteiger partial charge on any atom is -0.451 e. The van der Waals surface area contributed by atoms with Crippen LogP contribution in [0.5, 0.6) is 11.5 Å². The first-order chi connectivity index (χ1) is 13.0. The summed E-state index contributed by atoms with van der Waals surface area (Å²) in [6.07, 6.45) is 2.88. The van der Waals surface area contributed by atoms with Crippen LogP contribution >= 0.6 is 11.3 Å². The third kappa shape index (κ3) is 4.39. The number of carbonyl (C=O) groups is 1.